The van der Waals surface area contributed by atoms with E-state index in [0.29, 0.717) is 26.1 Å². The highest BCUT2D eigenvalue weighted by molar-refractivity contribution is 5.80. The van der Waals surface area contributed by atoms with Crippen molar-refractivity contribution >= 4 is 11.9 Å². The smallest absolute Gasteiger partial charge is 0.308 e. The molecule has 0 aliphatic carbocycles. The Balaban J connectivity index is 2.42. The van der Waals surface area contributed by atoms with Crippen LogP contribution >= 0.6 is 0 Å². The molecule has 1 unspecified atom stereocenters. The highest BCUT2D eigenvalue weighted by Gasteiger charge is 2.30. The number of amides is 1. The van der Waals surface area contributed by atoms with E-state index in [0.717, 1.165) is 0 Å². The molecule has 1 rings (SSSR count). The van der Waals surface area contributed by atoms with Gasteiger partial charge in [0.05, 0.1) is 12.5 Å². The Morgan fingerprint density at radius 3 is 2.57 bits per heavy atom. The van der Waals surface area contributed by atoms with Gasteiger partial charge in [-0.15, -0.1) is 0 Å². The van der Waals surface area contributed by atoms with E-state index >= 15 is 0 Å². The predicted octanol–water partition coefficient (Wildman–Crippen LogP) is -0.519. The molecule has 1 saturated heterocycles. The van der Waals surface area contributed by atoms with E-state index in [1.54, 1.807) is 9.80 Å². The van der Waals surface area contributed by atoms with Gasteiger partial charge in [-0.1, -0.05) is 0 Å². The number of carbonyl (C=O) groups is 2. The monoisotopic (exact) mass is 200 g/mol. The average Bonchev–Trinajstić information content (AvgIpc) is 2.50. The number of likely N-dealkylation sites (N-methyl/N-ethyl adjacent to an activating group) is 1. The molecule has 0 radical (unpaired) electrons. The number of hydrogen-bond donors (Lipinski definition) is 1. The van der Waals surface area contributed by atoms with Gasteiger partial charge in [0.15, 0.2) is 0 Å². The van der Waals surface area contributed by atoms with Gasteiger partial charge in [-0.05, 0) is 20.5 Å². The summed E-state index contributed by atoms with van der Waals surface area (Å²) < 4.78 is 0. The number of rotatable bonds is 3. The Kier molecular flexibility index (Phi) is 3.46. The Labute approximate surface area is 83.3 Å². The van der Waals surface area contributed by atoms with Gasteiger partial charge in [0.1, 0.15) is 0 Å². The lowest BCUT2D eigenvalue weighted by Gasteiger charge is -2.18. The molecule has 0 saturated carbocycles. The summed E-state index contributed by atoms with van der Waals surface area (Å²) in [6.45, 7) is 1.29. The summed E-state index contributed by atoms with van der Waals surface area (Å²) in [7, 11) is 3.64. The minimum absolute atomic E-state index is 0.0127. The third kappa shape index (κ3) is 2.70. The van der Waals surface area contributed by atoms with Crippen molar-refractivity contribution in [3.8, 4) is 0 Å². The summed E-state index contributed by atoms with van der Waals surface area (Å²) in [6, 6.07) is 0. The Bertz CT molecular complexity index is 240. The lowest BCUT2D eigenvalue weighted by molar-refractivity contribution is -0.141. The molecule has 1 fully saturated rings. The molecule has 1 atom stereocenters. The van der Waals surface area contributed by atoms with E-state index in [1.807, 2.05) is 14.1 Å². The maximum atomic E-state index is 11.5. The molecule has 0 bridgehead atoms. The van der Waals surface area contributed by atoms with Gasteiger partial charge < -0.3 is 14.9 Å². The first-order valence-electron chi connectivity index (χ1n) is 4.66. The van der Waals surface area contributed by atoms with E-state index in [-0.39, 0.29) is 11.8 Å². The number of carboxylic acids is 1. The standard InChI is InChI=1S/C9H16N2O3/c1-10(2)6-8(12)11-4-3-7(5-11)9(13)14/h7H,3-6H2,1-2H3,(H,13,14). The lowest BCUT2D eigenvalue weighted by atomic mass is 10.1. The SMILES string of the molecule is CN(C)CC(=O)N1CCC(C(=O)O)C1. The fraction of sp³-hybridized carbons (Fsp3) is 0.778. The van der Waals surface area contributed by atoms with Gasteiger partial charge in [-0.25, -0.2) is 0 Å². The first-order valence-corrected chi connectivity index (χ1v) is 4.66. The Morgan fingerprint density at radius 2 is 2.14 bits per heavy atom. The Morgan fingerprint density at radius 1 is 1.50 bits per heavy atom. The van der Waals surface area contributed by atoms with E-state index in [9.17, 15) is 9.59 Å². The summed E-state index contributed by atoms with van der Waals surface area (Å²) in [5, 5.41) is 8.75. The fourth-order valence-corrected chi connectivity index (χ4v) is 1.56. The second-order valence-electron chi connectivity index (χ2n) is 3.90. The van der Waals surface area contributed by atoms with Gasteiger partial charge in [0.2, 0.25) is 5.91 Å². The number of carbonyl (C=O) groups excluding carboxylic acids is 1. The topological polar surface area (TPSA) is 60.9 Å². The van der Waals surface area contributed by atoms with Crippen molar-refractivity contribution in [1.29, 1.82) is 0 Å². The van der Waals surface area contributed by atoms with Gasteiger partial charge >= 0.3 is 5.97 Å². The van der Waals surface area contributed by atoms with Crippen molar-refractivity contribution < 1.29 is 14.7 Å². The quantitative estimate of drug-likeness (QED) is 0.666. The zero-order valence-corrected chi connectivity index (χ0v) is 8.56. The van der Waals surface area contributed by atoms with Crippen LogP contribution in [-0.2, 0) is 9.59 Å². The third-order valence-electron chi connectivity index (χ3n) is 2.34. The zero-order chi connectivity index (χ0) is 10.7. The lowest BCUT2D eigenvalue weighted by Crippen LogP contribution is -2.36. The molecular weight excluding hydrogens is 184 g/mol. The molecule has 80 valence electrons. The maximum Gasteiger partial charge on any atom is 0.308 e. The van der Waals surface area contributed by atoms with E-state index in [4.69, 9.17) is 5.11 Å². The number of hydrogen-bond acceptors (Lipinski definition) is 3. The normalized spacial score (nSPS) is 21.6. The highest BCUT2D eigenvalue weighted by Crippen LogP contribution is 2.16. The molecule has 1 aliphatic heterocycles. The molecule has 14 heavy (non-hydrogen) atoms. The predicted molar refractivity (Wildman–Crippen MR) is 50.9 cm³/mol. The van der Waals surface area contributed by atoms with Crippen molar-refractivity contribution in [2.24, 2.45) is 5.92 Å². The molecule has 1 amide bonds. The van der Waals surface area contributed by atoms with Crippen LogP contribution in [0.3, 0.4) is 0 Å². The minimum atomic E-state index is -0.801. The van der Waals surface area contributed by atoms with Crippen LogP contribution in [0.1, 0.15) is 6.42 Å². The summed E-state index contributed by atoms with van der Waals surface area (Å²) >= 11 is 0. The van der Waals surface area contributed by atoms with Crippen LogP contribution < -0.4 is 0 Å². The van der Waals surface area contributed by atoms with Crippen LogP contribution in [0.4, 0.5) is 0 Å². The number of likely N-dealkylation sites (tertiary alicyclic amines) is 1. The van der Waals surface area contributed by atoms with Crippen LogP contribution in [-0.4, -0.2) is 60.5 Å². The van der Waals surface area contributed by atoms with Crippen molar-refractivity contribution in [3.05, 3.63) is 0 Å². The molecular formula is C9H16N2O3. The van der Waals surface area contributed by atoms with Gasteiger partial charge in [0, 0.05) is 13.1 Å². The van der Waals surface area contributed by atoms with Crippen LogP contribution in [0.25, 0.3) is 0 Å². The molecule has 0 aromatic heterocycles. The van der Waals surface area contributed by atoms with Crippen LogP contribution in [0.15, 0.2) is 0 Å². The maximum absolute atomic E-state index is 11.5. The Hall–Kier alpha value is -1.10. The summed E-state index contributed by atoms with van der Waals surface area (Å²) in [6.07, 6.45) is 0.578. The number of aliphatic carboxylic acids is 1. The molecule has 5 heteroatoms. The molecule has 0 aromatic carbocycles. The van der Waals surface area contributed by atoms with Crippen molar-refractivity contribution in [3.63, 3.8) is 0 Å². The van der Waals surface area contributed by atoms with Gasteiger partial charge in [0.25, 0.3) is 0 Å². The number of nitrogens with zero attached hydrogens (tertiary/aromatic N) is 2. The van der Waals surface area contributed by atoms with Crippen LogP contribution in [0.2, 0.25) is 0 Å². The van der Waals surface area contributed by atoms with E-state index < -0.39 is 5.97 Å². The first kappa shape index (κ1) is 11.0. The third-order valence-corrected chi connectivity index (χ3v) is 2.34. The van der Waals surface area contributed by atoms with Crippen molar-refractivity contribution in [2.45, 2.75) is 6.42 Å². The minimum Gasteiger partial charge on any atom is -0.481 e. The summed E-state index contributed by atoms with van der Waals surface area (Å²) in [5.74, 6) is -1.16. The summed E-state index contributed by atoms with van der Waals surface area (Å²) in [4.78, 5) is 25.6. The molecule has 1 aliphatic rings. The van der Waals surface area contributed by atoms with Gasteiger partial charge in [-0.2, -0.15) is 0 Å². The zero-order valence-electron chi connectivity index (χ0n) is 8.56. The molecule has 0 spiro atoms. The summed E-state index contributed by atoms with van der Waals surface area (Å²) in [5.41, 5.74) is 0. The fourth-order valence-electron chi connectivity index (χ4n) is 1.56. The van der Waals surface area contributed by atoms with E-state index in [2.05, 4.69) is 0 Å². The molecule has 5 nitrogen and oxygen atoms in total. The number of carboxylic acid groups (broad SMARTS) is 1. The molecule has 0 aromatic rings. The molecule has 1 heterocycles. The van der Waals surface area contributed by atoms with Crippen molar-refractivity contribution in [1.82, 2.24) is 9.80 Å². The van der Waals surface area contributed by atoms with Crippen LogP contribution in [0, 0.1) is 5.92 Å². The second kappa shape index (κ2) is 4.41. The van der Waals surface area contributed by atoms with Crippen LogP contribution in [0.5, 0.6) is 0 Å². The largest absolute Gasteiger partial charge is 0.481 e. The van der Waals surface area contributed by atoms with E-state index in [1.165, 1.54) is 0 Å². The highest BCUT2D eigenvalue weighted by atomic mass is 16.4. The second-order valence-corrected chi connectivity index (χ2v) is 3.90. The average molecular weight is 200 g/mol. The van der Waals surface area contributed by atoms with Gasteiger partial charge in [-0.3, -0.25) is 9.59 Å². The first-order chi connectivity index (χ1) is 6.50. The molecule has 1 N–H and O–H groups in total. The van der Waals surface area contributed by atoms with Crippen molar-refractivity contribution in [2.75, 3.05) is 33.7 Å².